The predicted octanol–water partition coefficient (Wildman–Crippen LogP) is 1.42. The summed E-state index contributed by atoms with van der Waals surface area (Å²) in [6.45, 7) is 6.29. The van der Waals surface area contributed by atoms with Crippen LogP contribution in [0.1, 0.15) is 39.5 Å². The second-order valence-corrected chi connectivity index (χ2v) is 5.36. The van der Waals surface area contributed by atoms with E-state index < -0.39 is 5.97 Å². The summed E-state index contributed by atoms with van der Waals surface area (Å²) in [5.74, 6) is -0.00332. The lowest BCUT2D eigenvalue weighted by atomic mass is 9.88. The minimum absolute atomic E-state index is 0.151. The summed E-state index contributed by atoms with van der Waals surface area (Å²) in [5, 5.41) is 17.3. The van der Waals surface area contributed by atoms with Crippen LogP contribution in [0, 0.1) is 11.8 Å². The summed E-state index contributed by atoms with van der Waals surface area (Å²) in [5.41, 5.74) is 0. The van der Waals surface area contributed by atoms with Gasteiger partial charge in [-0.05, 0) is 44.7 Å². The van der Waals surface area contributed by atoms with E-state index in [1.165, 1.54) is 0 Å². The summed E-state index contributed by atoms with van der Waals surface area (Å²) in [4.78, 5) is 22.1. The molecule has 0 aromatic rings. The fourth-order valence-electron chi connectivity index (χ4n) is 2.02. The molecule has 0 bridgehead atoms. The molecule has 0 saturated carbocycles. The Balaban J connectivity index is 3.76. The van der Waals surface area contributed by atoms with E-state index in [-0.39, 0.29) is 12.5 Å². The lowest BCUT2D eigenvalue weighted by Gasteiger charge is -2.20. The number of carbonyl (C=O) groups is 2. The molecule has 0 aliphatic rings. The highest BCUT2D eigenvalue weighted by Gasteiger charge is 2.15. The molecule has 1 atom stereocenters. The molecule has 0 aliphatic heterocycles. The lowest BCUT2D eigenvalue weighted by Crippen LogP contribution is -2.37. The predicted molar refractivity (Wildman–Crippen MR) is 79.8 cm³/mol. The second-order valence-electron chi connectivity index (χ2n) is 5.36. The number of nitrogens with one attached hydrogen (secondary N) is 3. The van der Waals surface area contributed by atoms with Gasteiger partial charge in [0, 0.05) is 19.5 Å². The molecule has 0 radical (unpaired) electrons. The normalized spacial score (nSPS) is 12.2. The Bertz CT molecular complexity index is 283. The summed E-state index contributed by atoms with van der Waals surface area (Å²) in [6, 6.07) is -0.151. The first-order valence-corrected chi connectivity index (χ1v) is 7.35. The van der Waals surface area contributed by atoms with Crippen LogP contribution in [-0.4, -0.2) is 43.8 Å². The number of carboxylic acid groups (broad SMARTS) is 1. The number of hydrogen-bond donors (Lipinski definition) is 4. The van der Waals surface area contributed by atoms with Gasteiger partial charge in [-0.3, -0.25) is 4.79 Å². The number of aliphatic carboxylic acids is 1. The monoisotopic (exact) mass is 287 g/mol. The Hall–Kier alpha value is -1.30. The van der Waals surface area contributed by atoms with Crippen LogP contribution in [0.5, 0.6) is 0 Å². The van der Waals surface area contributed by atoms with Crippen LogP contribution in [0.2, 0.25) is 0 Å². The van der Waals surface area contributed by atoms with Crippen molar-refractivity contribution in [2.24, 2.45) is 11.8 Å². The Morgan fingerprint density at radius 1 is 1.05 bits per heavy atom. The van der Waals surface area contributed by atoms with Crippen LogP contribution in [0.3, 0.4) is 0 Å². The van der Waals surface area contributed by atoms with E-state index in [4.69, 9.17) is 5.11 Å². The zero-order valence-corrected chi connectivity index (χ0v) is 12.9. The van der Waals surface area contributed by atoms with E-state index in [1.807, 2.05) is 7.05 Å². The molecular weight excluding hydrogens is 258 g/mol. The zero-order valence-electron chi connectivity index (χ0n) is 12.9. The molecule has 118 valence electrons. The van der Waals surface area contributed by atoms with Crippen LogP contribution in [0.4, 0.5) is 4.79 Å². The first kappa shape index (κ1) is 18.7. The first-order chi connectivity index (χ1) is 9.47. The van der Waals surface area contributed by atoms with Crippen LogP contribution in [0.15, 0.2) is 0 Å². The summed E-state index contributed by atoms with van der Waals surface area (Å²) in [6.07, 6.45) is 2.57. The highest BCUT2D eigenvalue weighted by Crippen LogP contribution is 2.20. The topological polar surface area (TPSA) is 90.5 Å². The second kappa shape index (κ2) is 11.5. The molecule has 0 rings (SSSR count). The number of carboxylic acids is 1. The molecule has 6 nitrogen and oxygen atoms in total. The fourth-order valence-corrected chi connectivity index (χ4v) is 2.02. The first-order valence-electron chi connectivity index (χ1n) is 7.35. The number of rotatable bonds is 11. The maximum absolute atomic E-state index is 11.5. The van der Waals surface area contributed by atoms with Crippen molar-refractivity contribution < 1.29 is 14.7 Å². The molecule has 2 amide bonds. The average molecular weight is 287 g/mol. The Labute approximate surface area is 121 Å². The van der Waals surface area contributed by atoms with E-state index in [0.29, 0.717) is 31.3 Å². The smallest absolute Gasteiger partial charge is 0.314 e. The molecule has 1 unspecified atom stereocenters. The van der Waals surface area contributed by atoms with Crippen LogP contribution in [0.25, 0.3) is 0 Å². The molecule has 0 saturated heterocycles. The summed E-state index contributed by atoms with van der Waals surface area (Å²) in [7, 11) is 1.88. The SMILES string of the molecule is CNCCCNC(=O)NCCC(CCC(=O)O)C(C)C. The molecule has 4 N–H and O–H groups in total. The van der Waals surface area contributed by atoms with Crippen molar-refractivity contribution >= 4 is 12.0 Å². The molecular formula is C14H29N3O3. The van der Waals surface area contributed by atoms with Crippen molar-refractivity contribution in [2.45, 2.75) is 39.5 Å². The lowest BCUT2D eigenvalue weighted by molar-refractivity contribution is -0.137. The van der Waals surface area contributed by atoms with Gasteiger partial charge < -0.3 is 21.1 Å². The van der Waals surface area contributed by atoms with E-state index in [9.17, 15) is 9.59 Å². The minimum atomic E-state index is -0.758. The molecule has 0 aromatic carbocycles. The van der Waals surface area contributed by atoms with Gasteiger partial charge in [-0.25, -0.2) is 4.79 Å². The third-order valence-electron chi connectivity index (χ3n) is 3.36. The van der Waals surface area contributed by atoms with Crippen molar-refractivity contribution in [1.29, 1.82) is 0 Å². The standard InChI is InChI=1S/C14H29N3O3/c1-11(2)12(5-6-13(18)19)7-10-17-14(20)16-9-4-8-15-3/h11-12,15H,4-10H2,1-3H3,(H,18,19)(H2,16,17,20). The van der Waals surface area contributed by atoms with Crippen molar-refractivity contribution in [2.75, 3.05) is 26.7 Å². The fraction of sp³-hybridized carbons (Fsp3) is 0.857. The molecule has 0 fully saturated rings. The maximum Gasteiger partial charge on any atom is 0.314 e. The highest BCUT2D eigenvalue weighted by atomic mass is 16.4. The zero-order chi connectivity index (χ0) is 15.4. The summed E-state index contributed by atoms with van der Waals surface area (Å²) >= 11 is 0. The molecule has 0 aliphatic carbocycles. The van der Waals surface area contributed by atoms with Gasteiger partial charge >= 0.3 is 12.0 Å². The van der Waals surface area contributed by atoms with Crippen molar-refractivity contribution in [1.82, 2.24) is 16.0 Å². The van der Waals surface area contributed by atoms with Gasteiger partial charge in [0.1, 0.15) is 0 Å². The summed E-state index contributed by atoms with van der Waals surface area (Å²) < 4.78 is 0. The van der Waals surface area contributed by atoms with E-state index in [2.05, 4.69) is 29.8 Å². The Kier molecular flexibility index (Phi) is 10.8. The minimum Gasteiger partial charge on any atom is -0.481 e. The van der Waals surface area contributed by atoms with Gasteiger partial charge in [-0.15, -0.1) is 0 Å². The largest absolute Gasteiger partial charge is 0.481 e. The van der Waals surface area contributed by atoms with Crippen LogP contribution in [-0.2, 0) is 4.79 Å². The van der Waals surface area contributed by atoms with E-state index in [1.54, 1.807) is 0 Å². The van der Waals surface area contributed by atoms with Gasteiger partial charge in [0.25, 0.3) is 0 Å². The molecule has 6 heteroatoms. The van der Waals surface area contributed by atoms with Gasteiger partial charge in [-0.2, -0.15) is 0 Å². The van der Waals surface area contributed by atoms with Gasteiger partial charge in [0.05, 0.1) is 0 Å². The number of hydrogen-bond acceptors (Lipinski definition) is 3. The third kappa shape index (κ3) is 10.6. The maximum atomic E-state index is 11.5. The van der Waals surface area contributed by atoms with Gasteiger partial charge in [0.15, 0.2) is 0 Å². The van der Waals surface area contributed by atoms with E-state index in [0.717, 1.165) is 19.4 Å². The third-order valence-corrected chi connectivity index (χ3v) is 3.36. The Morgan fingerprint density at radius 3 is 2.25 bits per heavy atom. The van der Waals surface area contributed by atoms with Gasteiger partial charge in [0.2, 0.25) is 0 Å². The van der Waals surface area contributed by atoms with E-state index >= 15 is 0 Å². The van der Waals surface area contributed by atoms with Crippen LogP contribution < -0.4 is 16.0 Å². The Morgan fingerprint density at radius 2 is 1.70 bits per heavy atom. The molecule has 0 heterocycles. The van der Waals surface area contributed by atoms with Gasteiger partial charge in [-0.1, -0.05) is 13.8 Å². The van der Waals surface area contributed by atoms with Crippen molar-refractivity contribution in [3.63, 3.8) is 0 Å². The number of urea groups is 1. The van der Waals surface area contributed by atoms with Crippen molar-refractivity contribution in [3.8, 4) is 0 Å². The molecule has 0 spiro atoms. The van der Waals surface area contributed by atoms with Crippen molar-refractivity contribution in [3.05, 3.63) is 0 Å². The molecule has 0 aromatic heterocycles. The van der Waals surface area contributed by atoms with Crippen LogP contribution >= 0.6 is 0 Å². The highest BCUT2D eigenvalue weighted by molar-refractivity contribution is 5.73. The average Bonchev–Trinajstić information content (AvgIpc) is 2.38. The quantitative estimate of drug-likeness (QED) is 0.433. The molecule has 20 heavy (non-hydrogen) atoms. The number of carbonyl (C=O) groups excluding carboxylic acids is 1. The number of amides is 2.